The SMILES string of the molecule is COC(=O)CCCS(=O)(=O)Nc1n[nH]c2ccccc12. The number of H-pyrrole nitrogens is 1. The van der Waals surface area contributed by atoms with Crippen molar-refractivity contribution in [2.75, 3.05) is 17.6 Å². The molecule has 1 aromatic carbocycles. The number of ether oxygens (including phenoxy) is 1. The van der Waals surface area contributed by atoms with Crippen LogP contribution in [0.3, 0.4) is 0 Å². The molecule has 0 unspecified atom stereocenters. The number of carbonyl (C=O) groups is 1. The number of nitrogens with zero attached hydrogens (tertiary/aromatic N) is 1. The van der Waals surface area contributed by atoms with Gasteiger partial charge in [0.2, 0.25) is 10.0 Å². The Morgan fingerprint density at radius 2 is 2.15 bits per heavy atom. The molecule has 0 aliphatic heterocycles. The van der Waals surface area contributed by atoms with Crippen molar-refractivity contribution in [1.82, 2.24) is 10.2 Å². The van der Waals surface area contributed by atoms with Crippen molar-refractivity contribution in [1.29, 1.82) is 0 Å². The van der Waals surface area contributed by atoms with Crippen LogP contribution in [0, 0.1) is 0 Å². The molecule has 0 saturated carbocycles. The Morgan fingerprint density at radius 3 is 2.90 bits per heavy atom. The summed E-state index contributed by atoms with van der Waals surface area (Å²) < 4.78 is 30.7. The van der Waals surface area contributed by atoms with Gasteiger partial charge >= 0.3 is 5.97 Å². The fraction of sp³-hybridized carbons (Fsp3) is 0.333. The van der Waals surface area contributed by atoms with Crippen LogP contribution in [0.5, 0.6) is 0 Å². The second-order valence-electron chi connectivity index (χ2n) is 4.22. The lowest BCUT2D eigenvalue weighted by Crippen LogP contribution is -2.18. The van der Waals surface area contributed by atoms with Crippen LogP contribution in [-0.4, -0.2) is 37.4 Å². The molecule has 0 radical (unpaired) electrons. The zero-order valence-electron chi connectivity index (χ0n) is 10.9. The Morgan fingerprint density at radius 1 is 1.40 bits per heavy atom. The number of para-hydroxylation sites is 1. The van der Waals surface area contributed by atoms with Crippen LogP contribution in [-0.2, 0) is 19.6 Å². The van der Waals surface area contributed by atoms with Gasteiger partial charge in [0.1, 0.15) is 0 Å². The minimum Gasteiger partial charge on any atom is -0.469 e. The standard InChI is InChI=1S/C12H15N3O4S/c1-19-11(16)7-4-8-20(17,18)15-12-9-5-2-3-6-10(9)13-14-12/h2-3,5-6H,4,7-8H2,1H3,(H2,13,14,15). The molecule has 2 N–H and O–H groups in total. The van der Waals surface area contributed by atoms with Gasteiger partial charge in [0.05, 0.1) is 18.4 Å². The van der Waals surface area contributed by atoms with E-state index >= 15 is 0 Å². The molecular formula is C12H15N3O4S. The quantitative estimate of drug-likeness (QED) is 0.782. The number of rotatable bonds is 6. The molecule has 1 heterocycles. The monoisotopic (exact) mass is 297 g/mol. The van der Waals surface area contributed by atoms with Gasteiger partial charge in [-0.15, -0.1) is 0 Å². The summed E-state index contributed by atoms with van der Waals surface area (Å²) in [6.45, 7) is 0. The highest BCUT2D eigenvalue weighted by Crippen LogP contribution is 2.20. The van der Waals surface area contributed by atoms with E-state index in [1.54, 1.807) is 18.2 Å². The summed E-state index contributed by atoms with van der Waals surface area (Å²) in [6, 6.07) is 7.20. The van der Waals surface area contributed by atoms with E-state index in [1.165, 1.54) is 7.11 Å². The first-order valence-electron chi connectivity index (χ1n) is 6.02. The molecular weight excluding hydrogens is 282 g/mol. The maximum absolute atomic E-state index is 11.9. The van der Waals surface area contributed by atoms with Gasteiger partial charge in [-0.3, -0.25) is 14.6 Å². The van der Waals surface area contributed by atoms with E-state index in [9.17, 15) is 13.2 Å². The summed E-state index contributed by atoms with van der Waals surface area (Å²) >= 11 is 0. The van der Waals surface area contributed by atoms with E-state index in [0.717, 1.165) is 5.52 Å². The number of aromatic nitrogens is 2. The molecule has 2 aromatic rings. The van der Waals surface area contributed by atoms with Crippen LogP contribution in [0.25, 0.3) is 10.9 Å². The topological polar surface area (TPSA) is 101 Å². The summed E-state index contributed by atoms with van der Waals surface area (Å²) in [5.74, 6) is -0.326. The number of hydrogen-bond acceptors (Lipinski definition) is 5. The van der Waals surface area contributed by atoms with Gasteiger partial charge in [0.25, 0.3) is 0 Å². The number of hydrogen-bond donors (Lipinski definition) is 2. The first kappa shape index (κ1) is 14.3. The van der Waals surface area contributed by atoms with Gasteiger partial charge < -0.3 is 4.74 Å². The molecule has 0 aliphatic rings. The van der Waals surface area contributed by atoms with Crippen LogP contribution in [0.4, 0.5) is 5.82 Å². The fourth-order valence-electron chi connectivity index (χ4n) is 1.75. The van der Waals surface area contributed by atoms with Crippen molar-refractivity contribution < 1.29 is 17.9 Å². The third-order valence-corrected chi connectivity index (χ3v) is 4.07. The van der Waals surface area contributed by atoms with E-state index in [0.29, 0.717) is 5.39 Å². The van der Waals surface area contributed by atoms with Gasteiger partial charge in [0, 0.05) is 11.8 Å². The number of nitrogens with one attached hydrogen (secondary N) is 2. The smallest absolute Gasteiger partial charge is 0.305 e. The van der Waals surface area contributed by atoms with Gasteiger partial charge in [-0.1, -0.05) is 12.1 Å². The molecule has 20 heavy (non-hydrogen) atoms. The highest BCUT2D eigenvalue weighted by molar-refractivity contribution is 7.92. The van der Waals surface area contributed by atoms with E-state index in [2.05, 4.69) is 19.7 Å². The zero-order valence-corrected chi connectivity index (χ0v) is 11.7. The highest BCUT2D eigenvalue weighted by Gasteiger charge is 2.15. The molecule has 108 valence electrons. The number of fused-ring (bicyclic) bond motifs is 1. The lowest BCUT2D eigenvalue weighted by atomic mass is 10.2. The van der Waals surface area contributed by atoms with Crippen LogP contribution < -0.4 is 4.72 Å². The Kier molecular flexibility index (Phi) is 4.23. The van der Waals surface area contributed by atoms with Crippen LogP contribution in [0.2, 0.25) is 0 Å². The maximum atomic E-state index is 11.9. The summed E-state index contributed by atoms with van der Waals surface area (Å²) in [6.07, 6.45) is 0.267. The molecule has 0 aliphatic carbocycles. The van der Waals surface area contributed by atoms with Crippen LogP contribution in [0.15, 0.2) is 24.3 Å². The molecule has 8 heteroatoms. The number of anilines is 1. The number of esters is 1. The number of methoxy groups -OCH3 is 1. The van der Waals surface area contributed by atoms with Gasteiger partial charge in [-0.25, -0.2) is 8.42 Å². The van der Waals surface area contributed by atoms with Crippen molar-refractivity contribution in [2.45, 2.75) is 12.8 Å². The molecule has 0 atom stereocenters. The highest BCUT2D eigenvalue weighted by atomic mass is 32.2. The second-order valence-corrected chi connectivity index (χ2v) is 6.06. The Hall–Kier alpha value is -2.09. The molecule has 7 nitrogen and oxygen atoms in total. The first-order chi connectivity index (χ1) is 9.52. The number of carbonyl (C=O) groups excluding carboxylic acids is 1. The van der Waals surface area contributed by atoms with Crippen LogP contribution >= 0.6 is 0 Å². The number of benzene rings is 1. The van der Waals surface area contributed by atoms with Crippen molar-refractivity contribution in [2.24, 2.45) is 0 Å². The Labute approximate surface area is 116 Å². The lowest BCUT2D eigenvalue weighted by molar-refractivity contribution is -0.140. The maximum Gasteiger partial charge on any atom is 0.305 e. The van der Waals surface area contributed by atoms with Gasteiger partial charge in [-0.05, 0) is 18.6 Å². The molecule has 1 aromatic heterocycles. The predicted molar refractivity (Wildman–Crippen MR) is 74.8 cm³/mol. The molecule has 0 saturated heterocycles. The first-order valence-corrected chi connectivity index (χ1v) is 7.67. The van der Waals surface area contributed by atoms with Crippen molar-refractivity contribution in [3.05, 3.63) is 24.3 Å². The largest absolute Gasteiger partial charge is 0.469 e. The zero-order chi connectivity index (χ0) is 14.6. The molecule has 0 fully saturated rings. The normalized spacial score (nSPS) is 11.4. The average Bonchev–Trinajstić information content (AvgIpc) is 2.81. The summed E-state index contributed by atoms with van der Waals surface area (Å²) in [5, 5.41) is 7.37. The summed E-state index contributed by atoms with van der Waals surface area (Å²) in [4.78, 5) is 10.9. The molecule has 0 bridgehead atoms. The molecule has 2 rings (SSSR count). The van der Waals surface area contributed by atoms with Gasteiger partial charge in [0.15, 0.2) is 5.82 Å². The van der Waals surface area contributed by atoms with Crippen molar-refractivity contribution in [3.8, 4) is 0 Å². The third-order valence-electron chi connectivity index (χ3n) is 2.74. The van der Waals surface area contributed by atoms with Gasteiger partial charge in [-0.2, -0.15) is 5.10 Å². The minimum atomic E-state index is -3.54. The van der Waals surface area contributed by atoms with E-state index in [-0.39, 0.29) is 24.4 Å². The lowest BCUT2D eigenvalue weighted by Gasteiger charge is -2.05. The molecule has 0 amide bonds. The average molecular weight is 297 g/mol. The predicted octanol–water partition coefficient (Wildman–Crippen LogP) is 1.26. The molecule has 0 spiro atoms. The Balaban J connectivity index is 2.03. The van der Waals surface area contributed by atoms with Crippen molar-refractivity contribution >= 4 is 32.7 Å². The van der Waals surface area contributed by atoms with Crippen molar-refractivity contribution in [3.63, 3.8) is 0 Å². The van der Waals surface area contributed by atoms with E-state index < -0.39 is 16.0 Å². The summed E-state index contributed by atoms with van der Waals surface area (Å²) in [5.41, 5.74) is 0.750. The minimum absolute atomic E-state index is 0.0682. The van der Waals surface area contributed by atoms with E-state index in [4.69, 9.17) is 0 Å². The van der Waals surface area contributed by atoms with E-state index in [1.807, 2.05) is 6.07 Å². The number of aromatic amines is 1. The summed E-state index contributed by atoms with van der Waals surface area (Å²) in [7, 11) is -2.27. The Bertz CT molecular complexity index is 708. The van der Waals surface area contributed by atoms with Crippen LogP contribution in [0.1, 0.15) is 12.8 Å². The number of sulfonamides is 1. The second kappa shape index (κ2) is 5.91. The third kappa shape index (κ3) is 3.47. The fourth-order valence-corrected chi connectivity index (χ4v) is 2.82.